The molecule has 4 heterocycles. The standard InChI is InChI=1S/C29H30N6O/c1-22-10-12-23(13-11-22)19-27-31-28(26-20-30-35(29(26)32-27)24-7-3-2-4-8-24)34-15-6-14-33(16-17-34)21-25-9-5-18-36-25/h2-5,7-13,18,20H,6,14-17,19,21H2,1H3. The van der Waals surface area contributed by atoms with Gasteiger partial charge in [0.05, 0.1) is 30.1 Å². The van der Waals surface area contributed by atoms with Crippen LogP contribution in [0, 0.1) is 6.92 Å². The van der Waals surface area contributed by atoms with Crippen molar-refractivity contribution >= 4 is 16.9 Å². The molecule has 2 aromatic carbocycles. The molecule has 6 rings (SSSR count). The van der Waals surface area contributed by atoms with E-state index in [0.29, 0.717) is 6.42 Å². The van der Waals surface area contributed by atoms with Gasteiger partial charge in [-0.3, -0.25) is 4.90 Å². The highest BCUT2D eigenvalue weighted by Crippen LogP contribution is 2.27. The predicted molar refractivity (Wildman–Crippen MR) is 141 cm³/mol. The largest absolute Gasteiger partial charge is 0.468 e. The Morgan fingerprint density at radius 3 is 2.53 bits per heavy atom. The van der Waals surface area contributed by atoms with Crippen LogP contribution in [0.4, 0.5) is 5.82 Å². The lowest BCUT2D eigenvalue weighted by Gasteiger charge is -2.23. The van der Waals surface area contributed by atoms with Crippen molar-refractivity contribution in [2.75, 3.05) is 31.1 Å². The molecule has 0 unspecified atom stereocenters. The first-order chi connectivity index (χ1) is 17.7. The van der Waals surface area contributed by atoms with E-state index in [1.54, 1.807) is 6.26 Å². The van der Waals surface area contributed by atoms with Crippen LogP contribution in [0.1, 0.15) is 29.1 Å². The SMILES string of the molecule is Cc1ccc(Cc2nc(N3CCCN(Cc4ccco4)CC3)c3cnn(-c4ccccc4)c3n2)cc1. The van der Waals surface area contributed by atoms with Gasteiger partial charge in [0.25, 0.3) is 0 Å². The Labute approximate surface area is 211 Å². The molecule has 0 spiro atoms. The van der Waals surface area contributed by atoms with Crippen LogP contribution < -0.4 is 4.90 Å². The van der Waals surface area contributed by atoms with E-state index in [2.05, 4.69) is 53.1 Å². The fourth-order valence-electron chi connectivity index (χ4n) is 4.87. The molecule has 0 amide bonds. The summed E-state index contributed by atoms with van der Waals surface area (Å²) in [6, 6.07) is 22.8. The number of rotatable bonds is 6. The highest BCUT2D eigenvalue weighted by molar-refractivity contribution is 5.88. The van der Waals surface area contributed by atoms with Crippen LogP contribution in [0.2, 0.25) is 0 Å². The summed E-state index contributed by atoms with van der Waals surface area (Å²) in [4.78, 5) is 15.0. The summed E-state index contributed by atoms with van der Waals surface area (Å²) in [6.45, 7) is 6.77. The average Bonchev–Trinajstić information content (AvgIpc) is 3.51. The molecule has 0 atom stereocenters. The van der Waals surface area contributed by atoms with E-state index in [-0.39, 0.29) is 0 Å². The molecule has 5 aromatic rings. The van der Waals surface area contributed by atoms with Crippen molar-refractivity contribution in [2.24, 2.45) is 0 Å². The third kappa shape index (κ3) is 4.75. The highest BCUT2D eigenvalue weighted by atomic mass is 16.3. The molecular weight excluding hydrogens is 448 g/mol. The molecule has 1 aliphatic rings. The Morgan fingerprint density at radius 1 is 0.861 bits per heavy atom. The minimum Gasteiger partial charge on any atom is -0.468 e. The van der Waals surface area contributed by atoms with Crippen molar-refractivity contribution in [3.63, 3.8) is 0 Å². The van der Waals surface area contributed by atoms with E-state index < -0.39 is 0 Å². The van der Waals surface area contributed by atoms with Crippen molar-refractivity contribution < 1.29 is 4.42 Å². The summed E-state index contributed by atoms with van der Waals surface area (Å²) in [5, 5.41) is 5.73. The number of nitrogens with zero attached hydrogens (tertiary/aromatic N) is 6. The van der Waals surface area contributed by atoms with E-state index in [1.165, 1.54) is 11.1 Å². The lowest BCUT2D eigenvalue weighted by molar-refractivity contribution is 0.260. The Bertz CT molecular complexity index is 1430. The number of hydrogen-bond acceptors (Lipinski definition) is 6. The number of para-hydroxylation sites is 1. The van der Waals surface area contributed by atoms with Crippen LogP contribution in [-0.2, 0) is 13.0 Å². The predicted octanol–water partition coefficient (Wildman–Crippen LogP) is 5.02. The molecule has 1 saturated heterocycles. The van der Waals surface area contributed by atoms with Crippen molar-refractivity contribution in [1.29, 1.82) is 0 Å². The van der Waals surface area contributed by atoms with Gasteiger partial charge in [-0.05, 0) is 43.2 Å². The molecule has 0 N–H and O–H groups in total. The quantitative estimate of drug-likeness (QED) is 0.342. The van der Waals surface area contributed by atoms with Crippen LogP contribution in [-0.4, -0.2) is 50.8 Å². The van der Waals surface area contributed by atoms with Gasteiger partial charge in [0.15, 0.2) is 5.65 Å². The van der Waals surface area contributed by atoms with E-state index >= 15 is 0 Å². The van der Waals surface area contributed by atoms with Crippen LogP contribution >= 0.6 is 0 Å². The minimum atomic E-state index is 0.682. The van der Waals surface area contributed by atoms with Crippen LogP contribution in [0.15, 0.2) is 83.6 Å². The van der Waals surface area contributed by atoms with Gasteiger partial charge in [-0.15, -0.1) is 0 Å². The number of hydrogen-bond donors (Lipinski definition) is 0. The molecule has 0 saturated carbocycles. The van der Waals surface area contributed by atoms with Crippen molar-refractivity contribution in [1.82, 2.24) is 24.6 Å². The molecule has 0 bridgehead atoms. The maximum Gasteiger partial charge on any atom is 0.168 e. The second kappa shape index (κ2) is 9.95. The molecule has 182 valence electrons. The zero-order chi connectivity index (χ0) is 24.3. The fraction of sp³-hybridized carbons (Fsp3) is 0.276. The van der Waals surface area contributed by atoms with Crippen molar-refractivity contribution in [3.05, 3.63) is 102 Å². The lowest BCUT2D eigenvalue weighted by atomic mass is 10.1. The third-order valence-corrected chi connectivity index (χ3v) is 6.79. The van der Waals surface area contributed by atoms with E-state index in [0.717, 1.165) is 73.3 Å². The van der Waals surface area contributed by atoms with Gasteiger partial charge < -0.3 is 9.32 Å². The molecule has 7 heteroatoms. The second-order valence-electron chi connectivity index (χ2n) is 9.45. The van der Waals surface area contributed by atoms with Crippen LogP contribution in [0.25, 0.3) is 16.7 Å². The Balaban J connectivity index is 1.35. The van der Waals surface area contributed by atoms with Gasteiger partial charge in [0.2, 0.25) is 0 Å². The summed E-state index contributed by atoms with van der Waals surface area (Å²) in [5.41, 5.74) is 4.31. The number of benzene rings is 2. The van der Waals surface area contributed by atoms with Gasteiger partial charge in [-0.1, -0.05) is 48.0 Å². The van der Waals surface area contributed by atoms with Gasteiger partial charge in [-0.2, -0.15) is 5.10 Å². The molecule has 1 aliphatic heterocycles. The molecule has 0 radical (unpaired) electrons. The Hall–Kier alpha value is -3.97. The number of anilines is 1. The molecule has 0 aliphatic carbocycles. The monoisotopic (exact) mass is 478 g/mol. The topological polar surface area (TPSA) is 63.2 Å². The van der Waals surface area contributed by atoms with Crippen LogP contribution in [0.3, 0.4) is 0 Å². The third-order valence-electron chi connectivity index (χ3n) is 6.79. The summed E-state index contributed by atoms with van der Waals surface area (Å²) in [5.74, 6) is 2.80. The molecule has 3 aromatic heterocycles. The summed E-state index contributed by atoms with van der Waals surface area (Å²) in [6.07, 6.45) is 5.41. The average molecular weight is 479 g/mol. The lowest BCUT2D eigenvalue weighted by Crippen LogP contribution is -2.31. The summed E-state index contributed by atoms with van der Waals surface area (Å²) >= 11 is 0. The zero-order valence-electron chi connectivity index (χ0n) is 20.5. The molecule has 36 heavy (non-hydrogen) atoms. The molecule has 7 nitrogen and oxygen atoms in total. The van der Waals surface area contributed by atoms with E-state index in [1.807, 2.05) is 41.2 Å². The van der Waals surface area contributed by atoms with E-state index in [4.69, 9.17) is 19.5 Å². The summed E-state index contributed by atoms with van der Waals surface area (Å²) < 4.78 is 7.51. The van der Waals surface area contributed by atoms with Gasteiger partial charge in [0.1, 0.15) is 17.4 Å². The Morgan fingerprint density at radius 2 is 1.72 bits per heavy atom. The first kappa shape index (κ1) is 22.5. The number of fused-ring (bicyclic) bond motifs is 1. The second-order valence-corrected chi connectivity index (χ2v) is 9.45. The first-order valence-electron chi connectivity index (χ1n) is 12.6. The van der Waals surface area contributed by atoms with Crippen molar-refractivity contribution in [3.8, 4) is 5.69 Å². The van der Waals surface area contributed by atoms with Crippen molar-refractivity contribution in [2.45, 2.75) is 26.3 Å². The zero-order valence-corrected chi connectivity index (χ0v) is 20.5. The molecular formula is C29H30N6O. The number of aromatic nitrogens is 4. The minimum absolute atomic E-state index is 0.682. The van der Waals surface area contributed by atoms with E-state index in [9.17, 15) is 0 Å². The van der Waals surface area contributed by atoms with Crippen LogP contribution in [0.5, 0.6) is 0 Å². The number of aryl methyl sites for hydroxylation is 1. The number of furan rings is 1. The summed E-state index contributed by atoms with van der Waals surface area (Å²) in [7, 11) is 0. The van der Waals surface area contributed by atoms with Gasteiger partial charge >= 0.3 is 0 Å². The Kier molecular flexibility index (Phi) is 6.22. The normalized spacial score (nSPS) is 14.9. The highest BCUT2D eigenvalue weighted by Gasteiger charge is 2.22. The van der Waals surface area contributed by atoms with Gasteiger partial charge in [0, 0.05) is 32.6 Å². The maximum atomic E-state index is 5.58. The van der Waals surface area contributed by atoms with Gasteiger partial charge in [-0.25, -0.2) is 14.6 Å². The maximum absolute atomic E-state index is 5.58. The first-order valence-corrected chi connectivity index (χ1v) is 12.6. The molecule has 1 fully saturated rings. The fourth-order valence-corrected chi connectivity index (χ4v) is 4.87. The smallest absolute Gasteiger partial charge is 0.168 e.